The fourth-order valence-corrected chi connectivity index (χ4v) is 5.62. The number of hydrogen-bond donors (Lipinski definition) is 0. The van der Waals surface area contributed by atoms with Crippen LogP contribution in [0.3, 0.4) is 0 Å². The molecule has 32 heavy (non-hydrogen) atoms. The second-order valence-corrected chi connectivity index (χ2v) is 11.2. The van der Waals surface area contributed by atoms with Gasteiger partial charge in [0.25, 0.3) is 0 Å². The predicted octanol–water partition coefficient (Wildman–Crippen LogP) is 5.96. The number of rotatable bonds is 6. The molecule has 8 heteroatoms. The molecule has 0 unspecified atom stereocenters. The largest absolute Gasteiger partial charge is 0.299 e. The number of aromatic nitrogens is 4. The molecule has 0 N–H and O–H groups in total. The Kier molecular flexibility index (Phi) is 7.00. The lowest BCUT2D eigenvalue weighted by molar-refractivity contribution is -0.115. The summed E-state index contributed by atoms with van der Waals surface area (Å²) >= 11 is 2.93. The minimum Gasteiger partial charge on any atom is -0.299 e. The van der Waals surface area contributed by atoms with Gasteiger partial charge in [-0.25, -0.2) is 4.98 Å². The fourth-order valence-electron chi connectivity index (χ4n) is 4.07. The molecule has 1 amide bonds. The first kappa shape index (κ1) is 23.0. The Balaban J connectivity index is 1.58. The molecule has 2 aromatic heterocycles. The van der Waals surface area contributed by atoms with E-state index in [1.807, 2.05) is 5.38 Å². The second-order valence-electron chi connectivity index (χ2n) is 9.35. The third-order valence-electron chi connectivity index (χ3n) is 6.02. The monoisotopic (exact) mass is 469 g/mol. The quantitative estimate of drug-likeness (QED) is 0.417. The minimum atomic E-state index is 0.0132. The highest BCUT2D eigenvalue weighted by atomic mass is 32.2. The summed E-state index contributed by atoms with van der Waals surface area (Å²) in [5.74, 6) is 1.23. The van der Waals surface area contributed by atoms with Gasteiger partial charge in [0.15, 0.2) is 16.1 Å². The van der Waals surface area contributed by atoms with Crippen LogP contribution >= 0.6 is 23.1 Å². The molecule has 1 aromatic carbocycles. The summed E-state index contributed by atoms with van der Waals surface area (Å²) in [7, 11) is 1.77. The predicted molar refractivity (Wildman–Crippen MR) is 133 cm³/mol. The van der Waals surface area contributed by atoms with Gasteiger partial charge in [0, 0.05) is 30.2 Å². The van der Waals surface area contributed by atoms with Crippen molar-refractivity contribution in [1.29, 1.82) is 0 Å². The molecule has 2 heterocycles. The Morgan fingerprint density at radius 3 is 2.50 bits per heavy atom. The Morgan fingerprint density at radius 1 is 1.16 bits per heavy atom. The summed E-state index contributed by atoms with van der Waals surface area (Å²) in [5, 5.41) is 12.5. The molecule has 4 rings (SSSR count). The molecule has 1 aliphatic carbocycles. The standard InChI is InChI=1S/C24H31N5OS2/c1-24(2,3)18-12-10-17(11-13-18)21-26-27-23(29(21)19-8-6-5-7-9-19)32-16-20(30)28(4)22-25-14-15-31-22/h10-15,19H,5-9,16H2,1-4H3. The average molecular weight is 470 g/mol. The zero-order chi connectivity index (χ0) is 22.7. The van der Waals surface area contributed by atoms with Crippen LogP contribution in [0.5, 0.6) is 0 Å². The first-order valence-electron chi connectivity index (χ1n) is 11.2. The Bertz CT molecular complexity index is 1030. The summed E-state index contributed by atoms with van der Waals surface area (Å²) in [5.41, 5.74) is 2.49. The molecule has 0 radical (unpaired) electrons. The van der Waals surface area contributed by atoms with Crippen molar-refractivity contribution < 1.29 is 4.79 Å². The van der Waals surface area contributed by atoms with Gasteiger partial charge in [-0.05, 0) is 23.8 Å². The van der Waals surface area contributed by atoms with E-state index in [-0.39, 0.29) is 11.3 Å². The summed E-state index contributed by atoms with van der Waals surface area (Å²) in [6, 6.07) is 9.06. The molecule has 0 aliphatic heterocycles. The molecule has 1 saturated carbocycles. The fraction of sp³-hybridized carbons (Fsp3) is 0.500. The molecule has 1 fully saturated rings. The Hall–Kier alpha value is -2.19. The van der Waals surface area contributed by atoms with Crippen LogP contribution in [0.25, 0.3) is 11.4 Å². The zero-order valence-electron chi connectivity index (χ0n) is 19.2. The lowest BCUT2D eigenvalue weighted by Crippen LogP contribution is -2.28. The van der Waals surface area contributed by atoms with Crippen molar-refractivity contribution in [3.05, 3.63) is 41.4 Å². The normalized spacial score (nSPS) is 15.1. The molecular weight excluding hydrogens is 438 g/mol. The van der Waals surface area contributed by atoms with E-state index in [0.29, 0.717) is 16.9 Å². The summed E-state index contributed by atoms with van der Waals surface area (Å²) in [6.07, 6.45) is 7.71. The van der Waals surface area contributed by atoms with E-state index in [2.05, 4.69) is 64.8 Å². The highest BCUT2D eigenvalue weighted by Crippen LogP contribution is 2.36. The number of hydrogen-bond acceptors (Lipinski definition) is 6. The summed E-state index contributed by atoms with van der Waals surface area (Å²) in [4.78, 5) is 18.6. The van der Waals surface area contributed by atoms with E-state index in [1.165, 1.54) is 47.9 Å². The van der Waals surface area contributed by atoms with Crippen LogP contribution in [0.4, 0.5) is 5.13 Å². The lowest BCUT2D eigenvalue weighted by Gasteiger charge is -2.26. The van der Waals surface area contributed by atoms with Crippen molar-refractivity contribution in [2.24, 2.45) is 0 Å². The number of benzene rings is 1. The second kappa shape index (κ2) is 9.75. The van der Waals surface area contributed by atoms with Gasteiger partial charge in [0.1, 0.15) is 0 Å². The zero-order valence-corrected chi connectivity index (χ0v) is 20.9. The number of anilines is 1. The van der Waals surface area contributed by atoms with Gasteiger partial charge < -0.3 is 0 Å². The molecule has 0 spiro atoms. The number of thioether (sulfide) groups is 1. The van der Waals surface area contributed by atoms with Crippen LogP contribution in [0, 0.1) is 0 Å². The van der Waals surface area contributed by atoms with Crippen LogP contribution in [0.2, 0.25) is 0 Å². The maximum Gasteiger partial charge on any atom is 0.238 e. The van der Waals surface area contributed by atoms with Gasteiger partial charge in [-0.1, -0.05) is 76.1 Å². The minimum absolute atomic E-state index is 0.0132. The van der Waals surface area contributed by atoms with Crippen molar-refractivity contribution in [2.75, 3.05) is 17.7 Å². The van der Waals surface area contributed by atoms with Gasteiger partial charge in [0.05, 0.1) is 5.75 Å². The van der Waals surface area contributed by atoms with Crippen molar-refractivity contribution in [1.82, 2.24) is 19.7 Å². The van der Waals surface area contributed by atoms with Gasteiger partial charge in [0.2, 0.25) is 5.91 Å². The molecule has 3 aromatic rings. The number of carbonyl (C=O) groups is 1. The van der Waals surface area contributed by atoms with Gasteiger partial charge in [-0.2, -0.15) is 0 Å². The van der Waals surface area contributed by atoms with Gasteiger partial charge in [-0.15, -0.1) is 21.5 Å². The third-order valence-corrected chi connectivity index (χ3v) is 7.79. The van der Waals surface area contributed by atoms with Crippen molar-refractivity contribution >= 4 is 34.1 Å². The number of thiazole rings is 1. The van der Waals surface area contributed by atoms with E-state index < -0.39 is 0 Å². The molecule has 0 atom stereocenters. The van der Waals surface area contributed by atoms with E-state index >= 15 is 0 Å². The summed E-state index contributed by atoms with van der Waals surface area (Å²) < 4.78 is 2.28. The van der Waals surface area contributed by atoms with Gasteiger partial charge in [-0.3, -0.25) is 14.3 Å². The first-order chi connectivity index (χ1) is 15.3. The first-order valence-corrected chi connectivity index (χ1v) is 13.1. The Morgan fingerprint density at radius 2 is 1.88 bits per heavy atom. The molecule has 0 bridgehead atoms. The van der Waals surface area contributed by atoms with Crippen LogP contribution in [0.1, 0.15) is 64.5 Å². The van der Waals surface area contributed by atoms with Gasteiger partial charge >= 0.3 is 0 Å². The summed E-state index contributed by atoms with van der Waals surface area (Å²) in [6.45, 7) is 6.67. The lowest BCUT2D eigenvalue weighted by atomic mass is 9.86. The third kappa shape index (κ3) is 5.07. The maximum atomic E-state index is 12.7. The maximum absolute atomic E-state index is 12.7. The molecule has 0 saturated heterocycles. The average Bonchev–Trinajstić information content (AvgIpc) is 3.47. The van der Waals surface area contributed by atoms with E-state index in [4.69, 9.17) is 0 Å². The van der Waals surface area contributed by atoms with Crippen molar-refractivity contribution in [2.45, 2.75) is 69.5 Å². The SMILES string of the molecule is CN(C(=O)CSc1nnc(-c2ccc(C(C)(C)C)cc2)n1C1CCCCC1)c1nccs1. The van der Waals surface area contributed by atoms with Crippen LogP contribution in [-0.2, 0) is 10.2 Å². The highest BCUT2D eigenvalue weighted by Gasteiger charge is 2.25. The molecule has 1 aliphatic rings. The van der Waals surface area contributed by atoms with E-state index in [0.717, 1.165) is 29.4 Å². The smallest absolute Gasteiger partial charge is 0.238 e. The van der Waals surface area contributed by atoms with Crippen molar-refractivity contribution in [3.63, 3.8) is 0 Å². The van der Waals surface area contributed by atoms with Crippen LogP contribution in [0.15, 0.2) is 41.0 Å². The topological polar surface area (TPSA) is 63.9 Å². The molecular formula is C24H31N5OS2. The van der Waals surface area contributed by atoms with E-state index in [1.54, 1.807) is 18.1 Å². The number of nitrogens with zero attached hydrogens (tertiary/aromatic N) is 5. The number of amides is 1. The molecule has 6 nitrogen and oxygen atoms in total. The van der Waals surface area contributed by atoms with Crippen molar-refractivity contribution in [3.8, 4) is 11.4 Å². The highest BCUT2D eigenvalue weighted by molar-refractivity contribution is 7.99. The van der Waals surface area contributed by atoms with E-state index in [9.17, 15) is 4.79 Å². The Labute approximate surface area is 198 Å². The number of carbonyl (C=O) groups excluding carboxylic acids is 1. The van der Waals surface area contributed by atoms with Crippen LogP contribution < -0.4 is 4.90 Å². The molecule has 170 valence electrons. The van der Waals surface area contributed by atoms with Crippen LogP contribution in [-0.4, -0.2) is 38.5 Å².